The first kappa shape index (κ1) is 9.43. The number of aromatic amines is 1. The van der Waals surface area contributed by atoms with Crippen molar-refractivity contribution in [2.75, 3.05) is 26.3 Å². The number of hydrogen-bond acceptors (Lipinski definition) is 2. The minimum Gasteiger partial charge on any atom is -0.379 e. The van der Waals surface area contributed by atoms with E-state index in [-0.39, 0.29) is 0 Å². The highest BCUT2D eigenvalue weighted by Crippen LogP contribution is 2.43. The largest absolute Gasteiger partial charge is 0.379 e. The van der Waals surface area contributed by atoms with Gasteiger partial charge in [-0.1, -0.05) is 0 Å². The van der Waals surface area contributed by atoms with E-state index in [0.29, 0.717) is 5.41 Å². The maximum Gasteiger partial charge on any atom is 0.0588 e. The van der Waals surface area contributed by atoms with Gasteiger partial charge >= 0.3 is 0 Å². The molecular weight excluding hydrogens is 188 g/mol. The normalized spacial score (nSPS) is 26.1. The van der Waals surface area contributed by atoms with Crippen molar-refractivity contribution in [3.8, 4) is 0 Å². The van der Waals surface area contributed by atoms with Crippen LogP contribution in [0.25, 0.3) is 0 Å². The van der Waals surface area contributed by atoms with Gasteiger partial charge < -0.3 is 15.0 Å². The van der Waals surface area contributed by atoms with Gasteiger partial charge in [-0.25, -0.2) is 0 Å². The Hall–Kier alpha value is -0.800. The number of hydrogen-bond donors (Lipinski definition) is 2. The molecule has 0 amide bonds. The van der Waals surface area contributed by atoms with Crippen LogP contribution in [0.3, 0.4) is 0 Å². The van der Waals surface area contributed by atoms with Crippen LogP contribution in [-0.2, 0) is 10.2 Å². The molecule has 0 unspecified atom stereocenters. The van der Waals surface area contributed by atoms with Crippen LogP contribution in [0.15, 0.2) is 18.5 Å². The lowest BCUT2D eigenvalue weighted by Crippen LogP contribution is -2.54. The fourth-order valence-corrected chi connectivity index (χ4v) is 2.97. The maximum absolute atomic E-state index is 5.48. The highest BCUT2D eigenvalue weighted by molar-refractivity contribution is 5.27. The first-order valence-electron chi connectivity index (χ1n) is 5.83. The van der Waals surface area contributed by atoms with Gasteiger partial charge in [0.05, 0.1) is 13.2 Å². The Bertz CT molecular complexity index is 310. The van der Waals surface area contributed by atoms with Crippen molar-refractivity contribution >= 4 is 0 Å². The lowest BCUT2D eigenvalue weighted by molar-refractivity contribution is -0.0963. The van der Waals surface area contributed by atoms with Crippen molar-refractivity contribution in [1.82, 2.24) is 10.3 Å². The van der Waals surface area contributed by atoms with Crippen LogP contribution in [0, 0.1) is 5.92 Å². The molecule has 0 radical (unpaired) electrons. The highest BCUT2D eigenvalue weighted by Gasteiger charge is 2.47. The van der Waals surface area contributed by atoms with E-state index < -0.39 is 0 Å². The minimum atomic E-state index is 0.322. The molecule has 3 heterocycles. The summed E-state index contributed by atoms with van der Waals surface area (Å²) in [6, 6.07) is 2.21. The van der Waals surface area contributed by atoms with Gasteiger partial charge in [0, 0.05) is 17.8 Å². The van der Waals surface area contributed by atoms with Crippen molar-refractivity contribution in [2.45, 2.75) is 18.3 Å². The number of piperidine rings is 1. The maximum atomic E-state index is 5.48. The smallest absolute Gasteiger partial charge is 0.0588 e. The van der Waals surface area contributed by atoms with Crippen molar-refractivity contribution in [3.05, 3.63) is 24.0 Å². The third-order valence-electron chi connectivity index (χ3n) is 4.01. The molecule has 2 aliphatic heterocycles. The SMILES string of the molecule is c1cc(C2(C3CCNCC3)COC2)c[nH]1. The van der Waals surface area contributed by atoms with E-state index >= 15 is 0 Å². The zero-order chi connectivity index (χ0) is 10.1. The molecule has 3 heteroatoms. The second kappa shape index (κ2) is 3.65. The van der Waals surface area contributed by atoms with E-state index in [1.54, 1.807) is 0 Å². The molecule has 15 heavy (non-hydrogen) atoms. The molecular formula is C12H18N2O. The Balaban J connectivity index is 1.85. The van der Waals surface area contributed by atoms with Crippen LogP contribution < -0.4 is 5.32 Å². The summed E-state index contributed by atoms with van der Waals surface area (Å²) in [5.41, 5.74) is 1.77. The summed E-state index contributed by atoms with van der Waals surface area (Å²) in [6.45, 7) is 4.15. The van der Waals surface area contributed by atoms with Crippen molar-refractivity contribution in [3.63, 3.8) is 0 Å². The van der Waals surface area contributed by atoms with Gasteiger partial charge in [0.1, 0.15) is 0 Å². The minimum absolute atomic E-state index is 0.322. The van der Waals surface area contributed by atoms with Gasteiger partial charge in [-0.2, -0.15) is 0 Å². The van der Waals surface area contributed by atoms with Crippen LogP contribution in [0.2, 0.25) is 0 Å². The number of nitrogens with one attached hydrogen (secondary N) is 2. The molecule has 2 fully saturated rings. The van der Waals surface area contributed by atoms with Crippen molar-refractivity contribution in [1.29, 1.82) is 0 Å². The Kier molecular flexibility index (Phi) is 2.29. The van der Waals surface area contributed by atoms with E-state index in [0.717, 1.165) is 32.2 Å². The Labute approximate surface area is 90.2 Å². The summed E-state index contributed by atoms with van der Waals surface area (Å²) in [4.78, 5) is 3.17. The van der Waals surface area contributed by atoms with Crippen LogP contribution in [0.4, 0.5) is 0 Å². The number of H-pyrrole nitrogens is 1. The van der Waals surface area contributed by atoms with Crippen molar-refractivity contribution < 1.29 is 4.74 Å². The molecule has 2 saturated heterocycles. The summed E-state index contributed by atoms with van der Waals surface area (Å²) >= 11 is 0. The standard InChI is InChI=1S/C12H18N2O/c1-4-13-5-2-10(1)12(8-15-9-12)11-3-6-14-7-11/h3,6-7,10,13-14H,1-2,4-5,8-9H2. The fourth-order valence-electron chi connectivity index (χ4n) is 2.97. The lowest BCUT2D eigenvalue weighted by Gasteiger charge is -2.48. The summed E-state index contributed by atoms with van der Waals surface area (Å²) < 4.78 is 5.48. The second-order valence-electron chi connectivity index (χ2n) is 4.77. The lowest BCUT2D eigenvalue weighted by atomic mass is 9.66. The highest BCUT2D eigenvalue weighted by atomic mass is 16.5. The van der Waals surface area contributed by atoms with Gasteiger partial charge in [0.25, 0.3) is 0 Å². The molecule has 0 spiro atoms. The molecule has 0 saturated carbocycles. The Morgan fingerprint density at radius 3 is 2.60 bits per heavy atom. The molecule has 0 aromatic carbocycles. The average molecular weight is 206 g/mol. The molecule has 1 aromatic heterocycles. The first-order valence-corrected chi connectivity index (χ1v) is 5.83. The monoisotopic (exact) mass is 206 g/mol. The Morgan fingerprint density at radius 1 is 1.27 bits per heavy atom. The predicted octanol–water partition coefficient (Wildman–Crippen LogP) is 1.28. The molecule has 2 aliphatic rings. The van der Waals surface area contributed by atoms with Crippen LogP contribution in [0.5, 0.6) is 0 Å². The fraction of sp³-hybridized carbons (Fsp3) is 0.667. The topological polar surface area (TPSA) is 37.0 Å². The van der Waals surface area contributed by atoms with Gasteiger partial charge in [-0.05, 0) is 43.5 Å². The molecule has 1 aromatic rings. The van der Waals surface area contributed by atoms with Gasteiger partial charge in [-0.15, -0.1) is 0 Å². The zero-order valence-corrected chi connectivity index (χ0v) is 8.96. The average Bonchev–Trinajstić information content (AvgIpc) is 2.72. The van der Waals surface area contributed by atoms with E-state index in [2.05, 4.69) is 22.6 Å². The van der Waals surface area contributed by atoms with Gasteiger partial charge in [0.2, 0.25) is 0 Å². The molecule has 0 aliphatic carbocycles. The summed E-state index contributed by atoms with van der Waals surface area (Å²) in [5, 5.41) is 3.43. The second-order valence-corrected chi connectivity index (χ2v) is 4.77. The van der Waals surface area contributed by atoms with E-state index in [9.17, 15) is 0 Å². The number of rotatable bonds is 2. The van der Waals surface area contributed by atoms with E-state index in [4.69, 9.17) is 4.74 Å². The summed E-state index contributed by atoms with van der Waals surface area (Å²) in [7, 11) is 0. The van der Waals surface area contributed by atoms with Crippen LogP contribution in [0.1, 0.15) is 18.4 Å². The summed E-state index contributed by atoms with van der Waals surface area (Å²) in [5.74, 6) is 0.795. The summed E-state index contributed by atoms with van der Waals surface area (Å²) in [6.07, 6.45) is 6.74. The molecule has 3 nitrogen and oxygen atoms in total. The molecule has 0 atom stereocenters. The van der Waals surface area contributed by atoms with Crippen LogP contribution in [-0.4, -0.2) is 31.3 Å². The molecule has 82 valence electrons. The van der Waals surface area contributed by atoms with Gasteiger partial charge in [0.15, 0.2) is 0 Å². The number of ether oxygens (including phenoxy) is 1. The predicted molar refractivity (Wildman–Crippen MR) is 58.9 cm³/mol. The third-order valence-corrected chi connectivity index (χ3v) is 4.01. The van der Waals surface area contributed by atoms with E-state index in [1.165, 1.54) is 18.4 Å². The van der Waals surface area contributed by atoms with Gasteiger partial charge in [-0.3, -0.25) is 0 Å². The molecule has 0 bridgehead atoms. The van der Waals surface area contributed by atoms with Crippen LogP contribution >= 0.6 is 0 Å². The Morgan fingerprint density at radius 2 is 2.07 bits per heavy atom. The van der Waals surface area contributed by atoms with Crippen molar-refractivity contribution in [2.24, 2.45) is 5.92 Å². The van der Waals surface area contributed by atoms with E-state index in [1.807, 2.05) is 6.20 Å². The molecule has 3 rings (SSSR count). The third kappa shape index (κ3) is 1.42. The number of aromatic nitrogens is 1. The quantitative estimate of drug-likeness (QED) is 0.765. The first-order chi connectivity index (χ1) is 7.42. The molecule has 2 N–H and O–H groups in total. The zero-order valence-electron chi connectivity index (χ0n) is 8.96.